The summed E-state index contributed by atoms with van der Waals surface area (Å²) in [6, 6.07) is 7.60. The molecule has 0 radical (unpaired) electrons. The van der Waals surface area contributed by atoms with Crippen LogP contribution in [0.4, 0.5) is 11.6 Å². The molecule has 0 fully saturated rings. The summed E-state index contributed by atoms with van der Waals surface area (Å²) < 4.78 is 6.09. The van der Waals surface area contributed by atoms with E-state index in [0.717, 1.165) is 15.0 Å². The van der Waals surface area contributed by atoms with Gasteiger partial charge in [-0.15, -0.1) is 0 Å². The molecule has 82 valence electrons. The zero-order valence-corrected chi connectivity index (χ0v) is 10.8. The van der Waals surface area contributed by atoms with Crippen LogP contribution >= 0.6 is 22.6 Å². The van der Waals surface area contributed by atoms with Crippen molar-refractivity contribution >= 4 is 34.2 Å². The molecule has 0 unspecified atom stereocenters. The first-order chi connectivity index (χ1) is 7.78. The van der Waals surface area contributed by atoms with E-state index < -0.39 is 0 Å². The monoisotopic (exact) mass is 327 g/mol. The van der Waals surface area contributed by atoms with Crippen LogP contribution in [0.5, 0.6) is 5.75 Å². The van der Waals surface area contributed by atoms with Crippen molar-refractivity contribution in [1.29, 1.82) is 0 Å². The van der Waals surface area contributed by atoms with E-state index >= 15 is 0 Å². The Kier molecular flexibility index (Phi) is 3.55. The number of rotatable bonds is 3. The molecule has 0 aliphatic rings. The SMILES string of the molecule is COc1ccc(Nc2ncc(I)cn2)cc1. The Bertz CT molecular complexity index is 456. The van der Waals surface area contributed by atoms with E-state index in [9.17, 15) is 0 Å². The van der Waals surface area contributed by atoms with Crippen molar-refractivity contribution in [3.63, 3.8) is 0 Å². The van der Waals surface area contributed by atoms with Crippen molar-refractivity contribution in [2.45, 2.75) is 0 Å². The molecular weight excluding hydrogens is 317 g/mol. The number of anilines is 2. The molecule has 1 heterocycles. The van der Waals surface area contributed by atoms with Crippen LogP contribution in [0.1, 0.15) is 0 Å². The van der Waals surface area contributed by atoms with Crippen LogP contribution < -0.4 is 10.1 Å². The molecule has 2 aromatic rings. The second-order valence-electron chi connectivity index (χ2n) is 3.08. The Morgan fingerprint density at radius 2 is 1.75 bits per heavy atom. The minimum Gasteiger partial charge on any atom is -0.497 e. The summed E-state index contributed by atoms with van der Waals surface area (Å²) in [5.41, 5.74) is 0.932. The van der Waals surface area contributed by atoms with Crippen molar-refractivity contribution in [2.75, 3.05) is 12.4 Å². The highest BCUT2D eigenvalue weighted by Crippen LogP contribution is 2.17. The average Bonchev–Trinajstić information content (AvgIpc) is 2.33. The van der Waals surface area contributed by atoms with Gasteiger partial charge in [-0.3, -0.25) is 0 Å². The number of hydrogen-bond acceptors (Lipinski definition) is 4. The van der Waals surface area contributed by atoms with Crippen molar-refractivity contribution in [3.8, 4) is 5.75 Å². The number of ether oxygens (including phenoxy) is 1. The molecule has 1 aromatic carbocycles. The molecule has 0 aliphatic heterocycles. The largest absolute Gasteiger partial charge is 0.497 e. The molecule has 0 saturated carbocycles. The van der Waals surface area contributed by atoms with Gasteiger partial charge in [0.05, 0.1) is 7.11 Å². The number of aromatic nitrogens is 2. The van der Waals surface area contributed by atoms with E-state index in [-0.39, 0.29) is 0 Å². The highest BCUT2D eigenvalue weighted by atomic mass is 127. The van der Waals surface area contributed by atoms with Gasteiger partial charge in [0.25, 0.3) is 0 Å². The van der Waals surface area contributed by atoms with Crippen molar-refractivity contribution in [2.24, 2.45) is 0 Å². The normalized spacial score (nSPS) is 9.88. The van der Waals surface area contributed by atoms with E-state index in [4.69, 9.17) is 4.74 Å². The van der Waals surface area contributed by atoms with Gasteiger partial charge in [-0.05, 0) is 46.9 Å². The van der Waals surface area contributed by atoms with Crippen molar-refractivity contribution in [1.82, 2.24) is 9.97 Å². The number of halogens is 1. The Labute approximate surface area is 107 Å². The molecule has 1 N–H and O–H groups in total. The molecule has 0 atom stereocenters. The molecular formula is C11H10IN3O. The number of benzene rings is 1. The first-order valence-electron chi connectivity index (χ1n) is 4.66. The van der Waals surface area contributed by atoms with Gasteiger partial charge in [0.1, 0.15) is 5.75 Å². The third kappa shape index (κ3) is 2.82. The standard InChI is InChI=1S/C11H10IN3O/c1-16-10-4-2-9(3-5-10)15-11-13-6-8(12)7-14-11/h2-7H,1H3,(H,13,14,15). The minimum atomic E-state index is 0.589. The maximum atomic E-state index is 5.08. The smallest absolute Gasteiger partial charge is 0.227 e. The average molecular weight is 327 g/mol. The second-order valence-corrected chi connectivity index (χ2v) is 4.32. The van der Waals surface area contributed by atoms with Crippen molar-refractivity contribution < 1.29 is 4.74 Å². The topological polar surface area (TPSA) is 47.0 Å². The Morgan fingerprint density at radius 3 is 2.31 bits per heavy atom. The Balaban J connectivity index is 2.11. The zero-order valence-electron chi connectivity index (χ0n) is 8.64. The molecule has 4 nitrogen and oxygen atoms in total. The number of methoxy groups -OCH3 is 1. The van der Waals surface area contributed by atoms with E-state index in [1.54, 1.807) is 19.5 Å². The van der Waals surface area contributed by atoms with Gasteiger partial charge in [0, 0.05) is 21.7 Å². The van der Waals surface area contributed by atoms with Crippen LogP contribution in [0.15, 0.2) is 36.7 Å². The van der Waals surface area contributed by atoms with Gasteiger partial charge in [-0.25, -0.2) is 9.97 Å². The number of hydrogen-bond donors (Lipinski definition) is 1. The number of nitrogens with zero attached hydrogens (tertiary/aromatic N) is 2. The summed E-state index contributed by atoms with van der Waals surface area (Å²) in [4.78, 5) is 8.31. The zero-order chi connectivity index (χ0) is 11.4. The molecule has 0 saturated heterocycles. The van der Waals surface area contributed by atoms with Gasteiger partial charge >= 0.3 is 0 Å². The molecule has 0 aliphatic carbocycles. The lowest BCUT2D eigenvalue weighted by atomic mass is 10.3. The fourth-order valence-electron chi connectivity index (χ4n) is 1.18. The lowest BCUT2D eigenvalue weighted by molar-refractivity contribution is 0.415. The van der Waals surface area contributed by atoms with Gasteiger partial charge in [0.2, 0.25) is 5.95 Å². The third-order valence-electron chi connectivity index (χ3n) is 1.97. The van der Waals surface area contributed by atoms with Gasteiger partial charge in [0.15, 0.2) is 0 Å². The molecule has 16 heavy (non-hydrogen) atoms. The quantitative estimate of drug-likeness (QED) is 0.881. The van der Waals surface area contributed by atoms with Gasteiger partial charge in [-0.2, -0.15) is 0 Å². The van der Waals surface area contributed by atoms with E-state index in [0.29, 0.717) is 5.95 Å². The van der Waals surface area contributed by atoms with Crippen LogP contribution in [0, 0.1) is 3.57 Å². The summed E-state index contributed by atoms with van der Waals surface area (Å²) in [5.74, 6) is 1.42. The lowest BCUT2D eigenvalue weighted by Gasteiger charge is -2.05. The van der Waals surface area contributed by atoms with Crippen LogP contribution in [0.3, 0.4) is 0 Å². The van der Waals surface area contributed by atoms with Crippen LogP contribution in [0.2, 0.25) is 0 Å². The summed E-state index contributed by atoms with van der Waals surface area (Å²) in [6.45, 7) is 0. The molecule has 0 bridgehead atoms. The van der Waals surface area contributed by atoms with Crippen LogP contribution in [-0.4, -0.2) is 17.1 Å². The molecule has 2 rings (SSSR count). The van der Waals surface area contributed by atoms with Crippen LogP contribution in [0.25, 0.3) is 0 Å². The van der Waals surface area contributed by atoms with Crippen molar-refractivity contribution in [3.05, 3.63) is 40.2 Å². The first kappa shape index (κ1) is 11.1. The Morgan fingerprint density at radius 1 is 1.12 bits per heavy atom. The molecule has 0 spiro atoms. The summed E-state index contributed by atoms with van der Waals surface area (Å²) in [6.07, 6.45) is 3.53. The predicted molar refractivity (Wildman–Crippen MR) is 71.0 cm³/mol. The Hall–Kier alpha value is -1.37. The highest BCUT2D eigenvalue weighted by Gasteiger charge is 1.97. The summed E-state index contributed by atoms with van der Waals surface area (Å²) in [5, 5.41) is 3.10. The lowest BCUT2D eigenvalue weighted by Crippen LogP contribution is -1.96. The molecule has 1 aromatic heterocycles. The summed E-state index contributed by atoms with van der Waals surface area (Å²) in [7, 11) is 1.64. The third-order valence-corrected chi connectivity index (χ3v) is 2.52. The fourth-order valence-corrected chi connectivity index (χ4v) is 1.46. The number of nitrogens with one attached hydrogen (secondary N) is 1. The van der Waals surface area contributed by atoms with E-state index in [1.807, 2.05) is 24.3 Å². The second kappa shape index (κ2) is 5.11. The fraction of sp³-hybridized carbons (Fsp3) is 0.0909. The van der Waals surface area contributed by atoms with Gasteiger partial charge < -0.3 is 10.1 Å². The van der Waals surface area contributed by atoms with E-state index in [2.05, 4.69) is 37.9 Å². The van der Waals surface area contributed by atoms with Crippen LogP contribution in [-0.2, 0) is 0 Å². The maximum Gasteiger partial charge on any atom is 0.227 e. The molecule has 0 amide bonds. The molecule has 5 heteroatoms. The van der Waals surface area contributed by atoms with E-state index in [1.165, 1.54) is 0 Å². The highest BCUT2D eigenvalue weighted by molar-refractivity contribution is 14.1. The first-order valence-corrected chi connectivity index (χ1v) is 5.74. The summed E-state index contributed by atoms with van der Waals surface area (Å²) >= 11 is 2.17. The maximum absolute atomic E-state index is 5.08. The van der Waals surface area contributed by atoms with Gasteiger partial charge in [-0.1, -0.05) is 0 Å². The predicted octanol–water partition coefficient (Wildman–Crippen LogP) is 2.83. The minimum absolute atomic E-state index is 0.589.